The molecule has 0 bridgehead atoms. The zero-order valence-electron chi connectivity index (χ0n) is 9.86. The van der Waals surface area contributed by atoms with Crippen LogP contribution in [0.15, 0.2) is 18.3 Å². The number of aryl methyl sites for hydroxylation is 3. The summed E-state index contributed by atoms with van der Waals surface area (Å²) < 4.78 is 1.79. The van der Waals surface area contributed by atoms with Crippen molar-refractivity contribution < 1.29 is 0 Å². The zero-order valence-corrected chi connectivity index (χ0v) is 9.86. The van der Waals surface area contributed by atoms with Crippen LogP contribution in [-0.2, 0) is 6.54 Å². The molecule has 0 unspecified atom stereocenters. The average molecular weight is 216 g/mol. The highest BCUT2D eigenvalue weighted by molar-refractivity contribution is 5.40. The van der Waals surface area contributed by atoms with Crippen LogP contribution in [0.5, 0.6) is 0 Å². The Bertz CT molecular complexity index is 514. The molecule has 2 aromatic heterocycles. The molecule has 4 nitrogen and oxygen atoms in total. The maximum atomic E-state index is 5.76. The van der Waals surface area contributed by atoms with Gasteiger partial charge in [0.15, 0.2) is 5.82 Å². The molecule has 0 saturated carbocycles. The van der Waals surface area contributed by atoms with Gasteiger partial charge in [0.25, 0.3) is 0 Å². The smallest absolute Gasteiger partial charge is 0.158 e. The van der Waals surface area contributed by atoms with Crippen LogP contribution < -0.4 is 5.73 Å². The molecule has 84 valence electrons. The first-order chi connectivity index (χ1) is 7.61. The van der Waals surface area contributed by atoms with Crippen LogP contribution in [0.25, 0.3) is 5.82 Å². The fourth-order valence-electron chi connectivity index (χ4n) is 1.82. The molecular weight excluding hydrogens is 200 g/mol. The molecule has 0 amide bonds. The first-order valence-electron chi connectivity index (χ1n) is 5.31. The van der Waals surface area contributed by atoms with Crippen LogP contribution in [0.3, 0.4) is 0 Å². The van der Waals surface area contributed by atoms with Crippen molar-refractivity contribution in [3.8, 4) is 5.82 Å². The van der Waals surface area contributed by atoms with Crippen molar-refractivity contribution in [2.24, 2.45) is 5.73 Å². The second-order valence-corrected chi connectivity index (χ2v) is 3.99. The molecule has 2 N–H and O–H groups in total. The summed E-state index contributed by atoms with van der Waals surface area (Å²) in [6.45, 7) is 6.47. The van der Waals surface area contributed by atoms with E-state index >= 15 is 0 Å². The lowest BCUT2D eigenvalue weighted by molar-refractivity contribution is 0.802. The van der Waals surface area contributed by atoms with Crippen molar-refractivity contribution >= 4 is 0 Å². The molecule has 0 aromatic carbocycles. The lowest BCUT2D eigenvalue weighted by Crippen LogP contribution is -2.10. The SMILES string of the molecule is Cc1cc(C)c(CN)c(-n2ccc(C)n2)n1. The van der Waals surface area contributed by atoms with Gasteiger partial charge in [0.2, 0.25) is 0 Å². The van der Waals surface area contributed by atoms with Gasteiger partial charge in [0.05, 0.1) is 5.69 Å². The first-order valence-corrected chi connectivity index (χ1v) is 5.31. The third kappa shape index (κ3) is 1.84. The van der Waals surface area contributed by atoms with Crippen LogP contribution >= 0.6 is 0 Å². The monoisotopic (exact) mass is 216 g/mol. The molecule has 2 aromatic rings. The molecular formula is C12H16N4. The number of nitrogens with two attached hydrogens (primary N) is 1. The Labute approximate surface area is 95.1 Å². The summed E-state index contributed by atoms with van der Waals surface area (Å²) in [7, 11) is 0. The van der Waals surface area contributed by atoms with Crippen molar-refractivity contribution in [3.63, 3.8) is 0 Å². The molecule has 0 aliphatic carbocycles. The highest BCUT2D eigenvalue weighted by Crippen LogP contribution is 2.16. The van der Waals surface area contributed by atoms with E-state index in [-0.39, 0.29) is 0 Å². The summed E-state index contributed by atoms with van der Waals surface area (Å²) in [5, 5.41) is 4.37. The molecule has 0 atom stereocenters. The van der Waals surface area contributed by atoms with Crippen molar-refractivity contribution in [1.29, 1.82) is 0 Å². The van der Waals surface area contributed by atoms with E-state index in [2.05, 4.69) is 17.0 Å². The number of pyridine rings is 1. The fraction of sp³-hybridized carbons (Fsp3) is 0.333. The van der Waals surface area contributed by atoms with Gasteiger partial charge in [0, 0.05) is 24.0 Å². The first kappa shape index (κ1) is 10.8. The van der Waals surface area contributed by atoms with E-state index in [9.17, 15) is 0 Å². The third-order valence-electron chi connectivity index (χ3n) is 2.60. The number of rotatable bonds is 2. The molecule has 16 heavy (non-hydrogen) atoms. The number of hydrogen-bond donors (Lipinski definition) is 1. The Morgan fingerprint density at radius 1 is 1.25 bits per heavy atom. The minimum atomic E-state index is 0.480. The van der Waals surface area contributed by atoms with E-state index in [1.54, 1.807) is 4.68 Å². The highest BCUT2D eigenvalue weighted by atomic mass is 15.3. The lowest BCUT2D eigenvalue weighted by atomic mass is 10.1. The highest BCUT2D eigenvalue weighted by Gasteiger charge is 2.09. The standard InChI is InChI=1S/C12H16N4/c1-8-6-10(3)14-12(11(8)7-13)16-5-4-9(2)15-16/h4-6H,7,13H2,1-3H3. The summed E-state index contributed by atoms with van der Waals surface area (Å²) in [5.41, 5.74) is 9.94. The Hall–Kier alpha value is -1.68. The van der Waals surface area contributed by atoms with Crippen molar-refractivity contribution in [1.82, 2.24) is 14.8 Å². The Balaban J connectivity index is 2.63. The number of aromatic nitrogens is 3. The summed E-state index contributed by atoms with van der Waals surface area (Å²) in [6, 6.07) is 4.00. The maximum Gasteiger partial charge on any atom is 0.158 e. The summed E-state index contributed by atoms with van der Waals surface area (Å²) >= 11 is 0. The summed E-state index contributed by atoms with van der Waals surface area (Å²) in [6.07, 6.45) is 1.91. The van der Waals surface area contributed by atoms with Gasteiger partial charge < -0.3 is 5.73 Å². The van der Waals surface area contributed by atoms with Crippen LogP contribution in [0, 0.1) is 20.8 Å². The largest absolute Gasteiger partial charge is 0.326 e. The van der Waals surface area contributed by atoms with Crippen molar-refractivity contribution in [2.45, 2.75) is 27.3 Å². The topological polar surface area (TPSA) is 56.7 Å². The molecule has 0 fully saturated rings. The van der Waals surface area contributed by atoms with Crippen LogP contribution in [0.2, 0.25) is 0 Å². The van der Waals surface area contributed by atoms with Gasteiger partial charge in [-0.1, -0.05) is 0 Å². The quantitative estimate of drug-likeness (QED) is 0.830. The Morgan fingerprint density at radius 2 is 2.00 bits per heavy atom. The van der Waals surface area contributed by atoms with Crippen LogP contribution in [0.4, 0.5) is 0 Å². The van der Waals surface area contributed by atoms with Crippen molar-refractivity contribution in [3.05, 3.63) is 40.8 Å². The molecule has 0 radical (unpaired) electrons. The minimum absolute atomic E-state index is 0.480. The molecule has 0 spiro atoms. The molecule has 0 aliphatic heterocycles. The van der Waals surface area contributed by atoms with Gasteiger partial charge in [-0.2, -0.15) is 5.10 Å². The van der Waals surface area contributed by atoms with Gasteiger partial charge in [0.1, 0.15) is 0 Å². The number of hydrogen-bond acceptors (Lipinski definition) is 3. The second kappa shape index (κ2) is 4.06. The molecule has 0 aliphatic rings. The Kier molecular flexibility index (Phi) is 2.75. The maximum absolute atomic E-state index is 5.76. The normalized spacial score (nSPS) is 10.8. The Morgan fingerprint density at radius 3 is 2.56 bits per heavy atom. The van der Waals surface area contributed by atoms with Crippen molar-refractivity contribution in [2.75, 3.05) is 0 Å². The summed E-state index contributed by atoms with van der Waals surface area (Å²) in [4.78, 5) is 4.51. The van der Waals surface area contributed by atoms with Crippen LogP contribution in [-0.4, -0.2) is 14.8 Å². The van der Waals surface area contributed by atoms with E-state index in [1.807, 2.05) is 32.2 Å². The summed E-state index contributed by atoms with van der Waals surface area (Å²) in [5.74, 6) is 0.841. The van der Waals surface area contributed by atoms with Gasteiger partial charge in [-0.25, -0.2) is 9.67 Å². The molecule has 2 rings (SSSR count). The second-order valence-electron chi connectivity index (χ2n) is 3.99. The van der Waals surface area contributed by atoms with Gasteiger partial charge in [-0.05, 0) is 38.5 Å². The molecule has 2 heterocycles. The van der Waals surface area contributed by atoms with Crippen LogP contribution in [0.1, 0.15) is 22.5 Å². The minimum Gasteiger partial charge on any atom is -0.326 e. The fourth-order valence-corrected chi connectivity index (χ4v) is 1.82. The molecule has 0 saturated heterocycles. The van der Waals surface area contributed by atoms with E-state index in [4.69, 9.17) is 5.73 Å². The predicted octanol–water partition coefficient (Wildman–Crippen LogP) is 1.65. The average Bonchev–Trinajstić information content (AvgIpc) is 2.63. The lowest BCUT2D eigenvalue weighted by Gasteiger charge is -2.11. The predicted molar refractivity (Wildman–Crippen MR) is 63.5 cm³/mol. The van der Waals surface area contributed by atoms with E-state index in [0.717, 1.165) is 28.3 Å². The molecule has 4 heteroatoms. The number of nitrogens with zero attached hydrogens (tertiary/aromatic N) is 3. The van der Waals surface area contributed by atoms with Gasteiger partial charge in [-0.3, -0.25) is 0 Å². The van der Waals surface area contributed by atoms with E-state index < -0.39 is 0 Å². The van der Waals surface area contributed by atoms with Gasteiger partial charge in [-0.15, -0.1) is 0 Å². The zero-order chi connectivity index (χ0) is 11.7. The van der Waals surface area contributed by atoms with E-state index in [1.165, 1.54) is 0 Å². The van der Waals surface area contributed by atoms with E-state index in [0.29, 0.717) is 6.54 Å². The third-order valence-corrected chi connectivity index (χ3v) is 2.60. The van der Waals surface area contributed by atoms with Gasteiger partial charge >= 0.3 is 0 Å².